The van der Waals surface area contributed by atoms with Crippen molar-refractivity contribution in [2.75, 3.05) is 5.32 Å². The van der Waals surface area contributed by atoms with Gasteiger partial charge in [0.2, 0.25) is 0 Å². The monoisotopic (exact) mass is 362 g/mol. The normalized spacial score (nSPS) is 10.9. The second-order valence-electron chi connectivity index (χ2n) is 5.25. The van der Waals surface area contributed by atoms with Crippen LogP contribution in [-0.2, 0) is 6.54 Å². The van der Waals surface area contributed by atoms with Crippen LogP contribution < -0.4 is 15.6 Å². The Morgan fingerprint density at radius 1 is 1.31 bits per heavy atom. The highest BCUT2D eigenvalue weighted by atomic mass is 19.3. The van der Waals surface area contributed by atoms with Gasteiger partial charge in [-0.05, 0) is 23.8 Å². The van der Waals surface area contributed by atoms with Crippen molar-refractivity contribution in [1.29, 1.82) is 0 Å². The number of rotatable bonds is 6. The van der Waals surface area contributed by atoms with Crippen LogP contribution in [0.2, 0.25) is 0 Å². The number of anilines is 1. The number of alkyl halides is 2. The number of H-pyrrole nitrogens is 1. The number of hydrogen-bond donors (Lipinski definition) is 2. The highest BCUT2D eigenvalue weighted by Crippen LogP contribution is 2.28. The van der Waals surface area contributed by atoms with Gasteiger partial charge in [0.1, 0.15) is 11.4 Å². The van der Waals surface area contributed by atoms with Gasteiger partial charge < -0.3 is 15.0 Å². The van der Waals surface area contributed by atoms with Crippen molar-refractivity contribution in [3.8, 4) is 5.75 Å². The van der Waals surface area contributed by atoms with Gasteiger partial charge in [0.15, 0.2) is 0 Å². The fourth-order valence-electron chi connectivity index (χ4n) is 2.43. The number of hydrogen-bond acceptors (Lipinski definition) is 6. The largest absolute Gasteiger partial charge is 0.435 e. The molecule has 0 bridgehead atoms. The van der Waals surface area contributed by atoms with E-state index in [1.54, 1.807) is 6.07 Å². The lowest BCUT2D eigenvalue weighted by Crippen LogP contribution is -2.09. The molecule has 0 amide bonds. The predicted octanol–water partition coefficient (Wildman–Crippen LogP) is 3.04. The minimum atomic E-state index is -2.94. The number of nitro benzene ring substituents is 1. The molecular formula is C16H12F2N4O4. The van der Waals surface area contributed by atoms with Crippen LogP contribution in [0.5, 0.6) is 5.75 Å². The molecule has 0 saturated heterocycles. The van der Waals surface area contributed by atoms with Crippen LogP contribution in [-0.4, -0.2) is 21.5 Å². The summed E-state index contributed by atoms with van der Waals surface area (Å²) < 4.78 is 28.9. The first kappa shape index (κ1) is 17.3. The number of nitrogens with zero attached hydrogens (tertiary/aromatic N) is 2. The zero-order valence-corrected chi connectivity index (χ0v) is 13.1. The third-order valence-electron chi connectivity index (χ3n) is 3.56. The fraction of sp³-hybridized carbons (Fsp3) is 0.125. The van der Waals surface area contributed by atoms with Gasteiger partial charge in [0.25, 0.3) is 11.2 Å². The Kier molecular flexibility index (Phi) is 4.74. The number of halogens is 2. The van der Waals surface area contributed by atoms with Crippen LogP contribution in [0.4, 0.5) is 20.2 Å². The van der Waals surface area contributed by atoms with E-state index in [-0.39, 0.29) is 34.6 Å². The molecule has 0 aliphatic heterocycles. The summed E-state index contributed by atoms with van der Waals surface area (Å²) in [5.41, 5.74) is 0.242. The summed E-state index contributed by atoms with van der Waals surface area (Å²) in [7, 11) is 0. The maximum atomic E-state index is 12.3. The first-order chi connectivity index (χ1) is 12.4. The molecule has 0 atom stereocenters. The third kappa shape index (κ3) is 3.74. The summed E-state index contributed by atoms with van der Waals surface area (Å²) in [6, 6.07) is 8.49. The van der Waals surface area contributed by atoms with Crippen LogP contribution in [0.1, 0.15) is 5.56 Å². The molecule has 1 aromatic heterocycles. The van der Waals surface area contributed by atoms with E-state index >= 15 is 0 Å². The molecule has 2 aromatic carbocycles. The van der Waals surface area contributed by atoms with E-state index < -0.39 is 17.1 Å². The zero-order valence-electron chi connectivity index (χ0n) is 13.1. The minimum Gasteiger partial charge on any atom is -0.435 e. The Balaban J connectivity index is 1.90. The highest BCUT2D eigenvalue weighted by Gasteiger charge is 2.17. The maximum Gasteiger partial charge on any atom is 0.387 e. The second kappa shape index (κ2) is 7.13. The third-order valence-corrected chi connectivity index (χ3v) is 3.56. The molecule has 0 spiro atoms. The van der Waals surface area contributed by atoms with Crippen molar-refractivity contribution in [3.05, 3.63) is 68.8 Å². The van der Waals surface area contributed by atoms with E-state index in [2.05, 4.69) is 20.0 Å². The van der Waals surface area contributed by atoms with Crippen molar-refractivity contribution < 1.29 is 18.4 Å². The van der Waals surface area contributed by atoms with Crippen LogP contribution in [0.15, 0.2) is 47.5 Å². The highest BCUT2D eigenvalue weighted by molar-refractivity contribution is 5.86. The average molecular weight is 362 g/mol. The topological polar surface area (TPSA) is 110 Å². The molecule has 10 heteroatoms. The summed E-state index contributed by atoms with van der Waals surface area (Å²) in [6.07, 6.45) is 1.20. The van der Waals surface area contributed by atoms with Crippen molar-refractivity contribution in [1.82, 2.24) is 9.97 Å². The molecule has 1 heterocycles. The first-order valence-electron chi connectivity index (χ1n) is 7.37. The van der Waals surface area contributed by atoms with Gasteiger partial charge >= 0.3 is 6.61 Å². The van der Waals surface area contributed by atoms with E-state index in [9.17, 15) is 23.7 Å². The standard InChI is InChI=1S/C16H12F2N4O4/c17-16(18)26-10-3-1-2-9(4-10)7-19-13-6-12-11(5-14(13)22(24)25)15(23)21-8-20-12/h1-6,8,16,19H,7H2,(H,20,21,23). The molecule has 0 saturated carbocycles. The van der Waals surface area contributed by atoms with Gasteiger partial charge in [-0.3, -0.25) is 14.9 Å². The smallest absolute Gasteiger partial charge is 0.387 e. The van der Waals surface area contributed by atoms with Gasteiger partial charge in [-0.15, -0.1) is 0 Å². The molecule has 26 heavy (non-hydrogen) atoms. The number of aromatic nitrogens is 2. The zero-order chi connectivity index (χ0) is 18.7. The Bertz CT molecular complexity index is 1020. The van der Waals surface area contributed by atoms with Crippen molar-refractivity contribution in [2.45, 2.75) is 13.2 Å². The van der Waals surface area contributed by atoms with E-state index in [1.165, 1.54) is 30.6 Å². The minimum absolute atomic E-state index is 0.0134. The van der Waals surface area contributed by atoms with Gasteiger partial charge in [-0.1, -0.05) is 12.1 Å². The van der Waals surface area contributed by atoms with Crippen molar-refractivity contribution >= 4 is 22.3 Å². The van der Waals surface area contributed by atoms with Crippen LogP contribution >= 0.6 is 0 Å². The summed E-state index contributed by atoms with van der Waals surface area (Å²) in [5, 5.41) is 14.3. The lowest BCUT2D eigenvalue weighted by molar-refractivity contribution is -0.383. The van der Waals surface area contributed by atoms with Crippen molar-refractivity contribution in [2.24, 2.45) is 0 Å². The SMILES string of the molecule is O=c1[nH]cnc2cc(NCc3cccc(OC(F)F)c3)c([N+](=O)[O-])cc12. The summed E-state index contributed by atoms with van der Waals surface area (Å²) in [5.74, 6) is -0.0134. The van der Waals surface area contributed by atoms with E-state index in [4.69, 9.17) is 0 Å². The number of ether oxygens (including phenoxy) is 1. The molecule has 0 radical (unpaired) electrons. The molecule has 3 aromatic rings. The van der Waals surface area contributed by atoms with Crippen LogP contribution in [0.25, 0.3) is 10.9 Å². The molecular weight excluding hydrogens is 350 g/mol. The molecule has 8 nitrogen and oxygen atoms in total. The number of nitrogens with one attached hydrogen (secondary N) is 2. The number of nitro groups is 1. The van der Waals surface area contributed by atoms with E-state index in [0.29, 0.717) is 5.56 Å². The van der Waals surface area contributed by atoms with Crippen LogP contribution in [0.3, 0.4) is 0 Å². The molecule has 2 N–H and O–H groups in total. The van der Waals surface area contributed by atoms with Gasteiger partial charge in [0, 0.05) is 12.6 Å². The summed E-state index contributed by atoms with van der Waals surface area (Å²) in [4.78, 5) is 28.8. The predicted molar refractivity (Wildman–Crippen MR) is 89.4 cm³/mol. The fourth-order valence-corrected chi connectivity index (χ4v) is 2.43. The summed E-state index contributed by atoms with van der Waals surface area (Å²) in [6.45, 7) is -2.82. The van der Waals surface area contributed by atoms with Gasteiger partial charge in [0.05, 0.1) is 22.2 Å². The van der Waals surface area contributed by atoms with E-state index in [1.807, 2.05) is 0 Å². The van der Waals surface area contributed by atoms with Crippen molar-refractivity contribution in [3.63, 3.8) is 0 Å². The molecule has 0 aliphatic carbocycles. The number of aromatic amines is 1. The quantitative estimate of drug-likeness (QED) is 0.515. The molecule has 3 rings (SSSR count). The number of fused-ring (bicyclic) bond motifs is 1. The van der Waals surface area contributed by atoms with Crippen LogP contribution in [0, 0.1) is 10.1 Å². The Hall–Kier alpha value is -3.56. The molecule has 0 fully saturated rings. The Morgan fingerprint density at radius 2 is 2.12 bits per heavy atom. The summed E-state index contributed by atoms with van der Waals surface area (Å²) >= 11 is 0. The first-order valence-corrected chi connectivity index (χ1v) is 7.37. The van der Waals surface area contributed by atoms with Gasteiger partial charge in [-0.2, -0.15) is 8.78 Å². The van der Waals surface area contributed by atoms with Gasteiger partial charge in [-0.25, -0.2) is 4.98 Å². The lowest BCUT2D eigenvalue weighted by atomic mass is 10.1. The number of benzene rings is 2. The Labute approximate surface area is 144 Å². The second-order valence-corrected chi connectivity index (χ2v) is 5.25. The average Bonchev–Trinajstić information content (AvgIpc) is 2.59. The maximum absolute atomic E-state index is 12.3. The molecule has 134 valence electrons. The Morgan fingerprint density at radius 3 is 2.85 bits per heavy atom. The van der Waals surface area contributed by atoms with E-state index in [0.717, 1.165) is 6.07 Å². The molecule has 0 aliphatic rings. The lowest BCUT2D eigenvalue weighted by Gasteiger charge is -2.10. The molecule has 0 unspecified atom stereocenters.